The highest BCUT2D eigenvalue weighted by atomic mass is 19.1. The molecule has 1 aromatic carbocycles. The van der Waals surface area contributed by atoms with Crippen molar-refractivity contribution in [3.05, 3.63) is 24.5 Å². The first-order chi connectivity index (χ1) is 10.0. The summed E-state index contributed by atoms with van der Waals surface area (Å²) in [6, 6.07) is 5.08. The van der Waals surface area contributed by atoms with Gasteiger partial charge in [0, 0.05) is 30.1 Å². The molecule has 2 atom stereocenters. The Kier molecular flexibility index (Phi) is 3.32. The van der Waals surface area contributed by atoms with Crippen LogP contribution in [-0.2, 0) is 0 Å². The molecule has 6 nitrogen and oxygen atoms in total. The maximum Gasteiger partial charge on any atom is 0.407 e. The van der Waals surface area contributed by atoms with Crippen LogP contribution in [-0.4, -0.2) is 41.5 Å². The maximum absolute atomic E-state index is 14.1. The molecule has 1 saturated heterocycles. The van der Waals surface area contributed by atoms with E-state index in [-0.39, 0.29) is 19.5 Å². The molecule has 7 heteroatoms. The summed E-state index contributed by atoms with van der Waals surface area (Å²) in [6.07, 6.45) is -1.42. The Morgan fingerprint density at radius 2 is 2.33 bits per heavy atom. The van der Waals surface area contributed by atoms with Gasteiger partial charge in [0.05, 0.1) is 12.8 Å². The van der Waals surface area contributed by atoms with E-state index in [1.807, 2.05) is 0 Å². The summed E-state index contributed by atoms with van der Waals surface area (Å²) in [6.45, 7) is 0.0493. The van der Waals surface area contributed by atoms with Crippen LogP contribution in [0.25, 0.3) is 11.0 Å². The minimum Gasteiger partial charge on any atom is -0.483 e. The number of nitrogen functional groups attached to an aromatic ring is 1. The molecule has 0 bridgehead atoms. The Morgan fingerprint density at radius 1 is 1.52 bits per heavy atom. The molecule has 0 radical (unpaired) electrons. The molecular weight excluding hydrogens is 279 g/mol. The number of hydrogen-bond acceptors (Lipinski definition) is 4. The lowest BCUT2D eigenvalue weighted by Gasteiger charge is -2.33. The average Bonchev–Trinajstić information content (AvgIpc) is 2.88. The number of benzene rings is 1. The number of piperidine rings is 1. The summed E-state index contributed by atoms with van der Waals surface area (Å²) in [5, 5.41) is 9.65. The highest BCUT2D eigenvalue weighted by molar-refractivity contribution is 5.86. The van der Waals surface area contributed by atoms with Crippen LogP contribution in [0.4, 0.5) is 14.9 Å². The number of furan rings is 1. The number of nitrogens with two attached hydrogens (primary N) is 1. The number of likely N-dealkylation sites (tertiary alicyclic amines) is 1. The highest BCUT2D eigenvalue weighted by Crippen LogP contribution is 2.32. The summed E-state index contributed by atoms with van der Waals surface area (Å²) in [5.74, 6) is 0.381. The number of fused-ring (bicyclic) bond motifs is 1. The van der Waals surface area contributed by atoms with Crippen LogP contribution in [0.5, 0.6) is 5.75 Å². The third kappa shape index (κ3) is 2.58. The van der Waals surface area contributed by atoms with Crippen LogP contribution < -0.4 is 10.5 Å². The van der Waals surface area contributed by atoms with Gasteiger partial charge in [0.25, 0.3) is 0 Å². The van der Waals surface area contributed by atoms with Crippen LogP contribution >= 0.6 is 0 Å². The number of ether oxygens (including phenoxy) is 1. The van der Waals surface area contributed by atoms with Crippen molar-refractivity contribution in [3.63, 3.8) is 0 Å². The van der Waals surface area contributed by atoms with E-state index < -0.39 is 18.4 Å². The molecule has 1 fully saturated rings. The molecule has 1 aliphatic heterocycles. The van der Waals surface area contributed by atoms with Gasteiger partial charge in [-0.05, 0) is 12.1 Å². The molecule has 21 heavy (non-hydrogen) atoms. The van der Waals surface area contributed by atoms with E-state index in [0.29, 0.717) is 17.0 Å². The SMILES string of the molecule is Nc1cc(O[C@H]2CCN(C(=O)O)C[C@@H]2F)c2occc2c1. The lowest BCUT2D eigenvalue weighted by Crippen LogP contribution is -2.48. The zero-order valence-electron chi connectivity index (χ0n) is 11.2. The number of alkyl halides is 1. The Morgan fingerprint density at radius 3 is 3.05 bits per heavy atom. The van der Waals surface area contributed by atoms with Gasteiger partial charge in [0.1, 0.15) is 6.10 Å². The normalized spacial score (nSPS) is 22.4. The second-order valence-electron chi connectivity index (χ2n) is 5.05. The number of anilines is 1. The summed E-state index contributed by atoms with van der Waals surface area (Å²) in [5.41, 5.74) is 6.79. The Labute approximate surface area is 119 Å². The predicted octanol–water partition coefficient (Wildman–Crippen LogP) is 2.48. The number of carboxylic acid groups (broad SMARTS) is 1. The smallest absolute Gasteiger partial charge is 0.407 e. The third-order valence-electron chi connectivity index (χ3n) is 3.57. The first kappa shape index (κ1) is 13.5. The molecule has 3 rings (SSSR count). The number of hydrogen-bond donors (Lipinski definition) is 2. The maximum atomic E-state index is 14.1. The van der Waals surface area contributed by atoms with Crippen molar-refractivity contribution in [2.45, 2.75) is 18.7 Å². The quantitative estimate of drug-likeness (QED) is 0.831. The molecule has 1 aliphatic rings. The second-order valence-corrected chi connectivity index (χ2v) is 5.05. The largest absolute Gasteiger partial charge is 0.483 e. The Bertz CT molecular complexity index is 672. The van der Waals surface area contributed by atoms with Crippen LogP contribution in [0.15, 0.2) is 28.9 Å². The molecule has 1 amide bonds. The van der Waals surface area contributed by atoms with Crippen molar-refractivity contribution in [1.29, 1.82) is 0 Å². The summed E-state index contributed by atoms with van der Waals surface area (Å²) < 4.78 is 25.1. The fourth-order valence-electron chi connectivity index (χ4n) is 2.51. The van der Waals surface area contributed by atoms with E-state index in [1.54, 1.807) is 18.2 Å². The molecule has 2 aromatic rings. The van der Waals surface area contributed by atoms with Gasteiger partial charge in [-0.1, -0.05) is 0 Å². The Balaban J connectivity index is 1.80. The average molecular weight is 294 g/mol. The van der Waals surface area contributed by atoms with Crippen molar-refractivity contribution in [2.75, 3.05) is 18.8 Å². The summed E-state index contributed by atoms with van der Waals surface area (Å²) >= 11 is 0. The number of nitrogens with zero attached hydrogens (tertiary/aromatic N) is 1. The number of rotatable bonds is 2. The lowest BCUT2D eigenvalue weighted by atomic mass is 10.1. The van der Waals surface area contributed by atoms with E-state index in [0.717, 1.165) is 10.3 Å². The number of halogens is 1. The third-order valence-corrected chi connectivity index (χ3v) is 3.57. The fraction of sp³-hybridized carbons (Fsp3) is 0.357. The second kappa shape index (κ2) is 5.16. The van der Waals surface area contributed by atoms with E-state index in [2.05, 4.69) is 0 Å². The predicted molar refractivity (Wildman–Crippen MR) is 74.2 cm³/mol. The zero-order valence-corrected chi connectivity index (χ0v) is 11.2. The molecule has 1 aromatic heterocycles. The number of carbonyl (C=O) groups is 1. The van der Waals surface area contributed by atoms with Crippen LogP contribution in [0.3, 0.4) is 0 Å². The van der Waals surface area contributed by atoms with Gasteiger partial charge in [-0.2, -0.15) is 0 Å². The van der Waals surface area contributed by atoms with E-state index in [4.69, 9.17) is 20.0 Å². The van der Waals surface area contributed by atoms with Crippen molar-refractivity contribution in [1.82, 2.24) is 4.90 Å². The minimum atomic E-state index is -1.39. The molecule has 0 unspecified atom stereocenters. The molecule has 0 spiro atoms. The topological polar surface area (TPSA) is 88.9 Å². The molecule has 0 aliphatic carbocycles. The molecular formula is C14H15FN2O4. The monoisotopic (exact) mass is 294 g/mol. The van der Waals surface area contributed by atoms with Crippen molar-refractivity contribution >= 4 is 22.7 Å². The first-order valence-electron chi connectivity index (χ1n) is 6.60. The lowest BCUT2D eigenvalue weighted by molar-refractivity contribution is 0.0252. The molecule has 2 heterocycles. The van der Waals surface area contributed by atoms with Gasteiger partial charge in [-0.15, -0.1) is 0 Å². The van der Waals surface area contributed by atoms with E-state index in [1.165, 1.54) is 6.26 Å². The van der Waals surface area contributed by atoms with Crippen LogP contribution in [0, 0.1) is 0 Å². The van der Waals surface area contributed by atoms with Crippen molar-refractivity contribution in [2.24, 2.45) is 0 Å². The van der Waals surface area contributed by atoms with Crippen LogP contribution in [0.1, 0.15) is 6.42 Å². The first-order valence-corrected chi connectivity index (χ1v) is 6.60. The van der Waals surface area contributed by atoms with Gasteiger partial charge >= 0.3 is 6.09 Å². The zero-order chi connectivity index (χ0) is 15.0. The van der Waals surface area contributed by atoms with Gasteiger partial charge in [-0.25, -0.2) is 9.18 Å². The minimum absolute atomic E-state index is 0.191. The molecule has 0 saturated carbocycles. The van der Waals surface area contributed by atoms with Gasteiger partial charge in [-0.3, -0.25) is 0 Å². The van der Waals surface area contributed by atoms with E-state index in [9.17, 15) is 9.18 Å². The standard InChI is InChI=1S/C14H15FN2O4/c15-10-7-17(14(18)19)3-1-11(10)21-12-6-9(16)5-8-2-4-20-13(8)12/h2,4-6,10-11H,1,3,7,16H2,(H,18,19)/t10-,11-/m0/s1. The number of amides is 1. The summed E-state index contributed by atoms with van der Waals surface area (Å²) in [4.78, 5) is 11.9. The van der Waals surface area contributed by atoms with Crippen LogP contribution in [0.2, 0.25) is 0 Å². The van der Waals surface area contributed by atoms with Crippen molar-refractivity contribution in [3.8, 4) is 5.75 Å². The molecule has 112 valence electrons. The summed E-state index contributed by atoms with van der Waals surface area (Å²) in [7, 11) is 0. The van der Waals surface area contributed by atoms with E-state index >= 15 is 0 Å². The Hall–Kier alpha value is -2.44. The fourth-order valence-corrected chi connectivity index (χ4v) is 2.51. The highest BCUT2D eigenvalue weighted by Gasteiger charge is 2.33. The van der Waals surface area contributed by atoms with Gasteiger partial charge in [0.15, 0.2) is 17.5 Å². The van der Waals surface area contributed by atoms with Crippen molar-refractivity contribution < 1.29 is 23.4 Å². The molecule has 3 N–H and O–H groups in total. The van der Waals surface area contributed by atoms with Gasteiger partial charge in [0.2, 0.25) is 0 Å². The van der Waals surface area contributed by atoms with Gasteiger partial charge < -0.3 is 24.9 Å².